The van der Waals surface area contributed by atoms with Crippen molar-refractivity contribution >= 4 is 0 Å². The van der Waals surface area contributed by atoms with Gasteiger partial charge in [0.15, 0.2) is 0 Å². The van der Waals surface area contributed by atoms with Crippen molar-refractivity contribution in [2.45, 2.75) is 13.0 Å². The van der Waals surface area contributed by atoms with E-state index in [4.69, 9.17) is 0 Å². The van der Waals surface area contributed by atoms with E-state index in [9.17, 15) is 0 Å². The van der Waals surface area contributed by atoms with Crippen molar-refractivity contribution in [3.63, 3.8) is 0 Å². The summed E-state index contributed by atoms with van der Waals surface area (Å²) in [6.07, 6.45) is 5.48. The minimum absolute atomic E-state index is 0.00564. The van der Waals surface area contributed by atoms with Crippen LogP contribution in [-0.4, -0.2) is 27.0 Å². The first-order valence-corrected chi connectivity index (χ1v) is 6.85. The molecule has 0 amide bonds. The van der Waals surface area contributed by atoms with Gasteiger partial charge in [-0.2, -0.15) is 0 Å². The molecule has 1 aromatic carbocycles. The summed E-state index contributed by atoms with van der Waals surface area (Å²) in [7, 11) is 1.93. The van der Waals surface area contributed by atoms with Crippen LogP contribution in [0, 0.1) is 6.92 Å². The average Bonchev–Trinajstić information content (AvgIpc) is 3.00. The predicted molar refractivity (Wildman–Crippen MR) is 81.2 cm³/mol. The van der Waals surface area contributed by atoms with E-state index in [0.717, 1.165) is 16.9 Å². The normalized spacial score (nSPS) is 12.3. The van der Waals surface area contributed by atoms with Gasteiger partial charge >= 0.3 is 0 Å². The molecule has 0 radical (unpaired) electrons. The van der Waals surface area contributed by atoms with Gasteiger partial charge in [0.05, 0.1) is 23.6 Å². The second-order valence-corrected chi connectivity index (χ2v) is 4.86. The molecule has 2 heterocycles. The third kappa shape index (κ3) is 2.55. The van der Waals surface area contributed by atoms with Crippen molar-refractivity contribution in [3.8, 4) is 5.69 Å². The molecular weight excluding hydrogens is 262 g/mol. The van der Waals surface area contributed by atoms with Crippen LogP contribution in [0.3, 0.4) is 0 Å². The molecule has 0 aliphatic heterocycles. The summed E-state index contributed by atoms with van der Waals surface area (Å²) in [6, 6.07) is 12.0. The summed E-state index contributed by atoms with van der Waals surface area (Å²) in [6.45, 7) is 2.08. The molecule has 0 fully saturated rings. The topological polar surface area (TPSA) is 55.6 Å². The Morgan fingerprint density at radius 1 is 1.10 bits per heavy atom. The number of hydrogen-bond donors (Lipinski definition) is 1. The highest BCUT2D eigenvalue weighted by Gasteiger charge is 2.20. The number of hydrogen-bond acceptors (Lipinski definition) is 4. The van der Waals surface area contributed by atoms with Crippen LogP contribution >= 0.6 is 0 Å². The Balaban J connectivity index is 2.08. The molecular formula is C16H17N5. The summed E-state index contributed by atoms with van der Waals surface area (Å²) in [5.41, 5.74) is 4.29. The molecule has 0 aliphatic rings. The summed E-state index contributed by atoms with van der Waals surface area (Å²) < 4.78 is 1.85. The maximum atomic E-state index is 4.24. The van der Waals surface area contributed by atoms with Gasteiger partial charge in [-0.1, -0.05) is 23.4 Å². The number of aromatic nitrogens is 4. The molecule has 1 atom stereocenters. The number of rotatable bonds is 4. The monoisotopic (exact) mass is 279 g/mol. The van der Waals surface area contributed by atoms with Crippen LogP contribution in [-0.2, 0) is 0 Å². The fraction of sp³-hybridized carbons (Fsp3) is 0.188. The fourth-order valence-electron chi connectivity index (χ4n) is 2.45. The van der Waals surface area contributed by atoms with Crippen LogP contribution in [0.1, 0.15) is 22.9 Å². The van der Waals surface area contributed by atoms with Crippen molar-refractivity contribution in [1.29, 1.82) is 0 Å². The third-order valence-corrected chi connectivity index (χ3v) is 3.55. The Labute approximate surface area is 123 Å². The van der Waals surface area contributed by atoms with Gasteiger partial charge in [-0.05, 0) is 43.3 Å². The number of pyridine rings is 1. The van der Waals surface area contributed by atoms with E-state index in [-0.39, 0.29) is 6.04 Å². The Kier molecular flexibility index (Phi) is 3.75. The molecule has 3 rings (SSSR count). The smallest absolute Gasteiger partial charge is 0.0861 e. The van der Waals surface area contributed by atoms with E-state index >= 15 is 0 Å². The molecule has 0 spiro atoms. The van der Waals surface area contributed by atoms with Crippen molar-refractivity contribution in [1.82, 2.24) is 25.3 Å². The van der Waals surface area contributed by atoms with Gasteiger partial charge in [0, 0.05) is 12.4 Å². The zero-order chi connectivity index (χ0) is 14.7. The van der Waals surface area contributed by atoms with Crippen molar-refractivity contribution in [2.75, 3.05) is 7.05 Å². The average molecular weight is 279 g/mol. The van der Waals surface area contributed by atoms with Crippen LogP contribution < -0.4 is 5.32 Å². The number of nitrogens with zero attached hydrogens (tertiary/aromatic N) is 4. The number of benzene rings is 1. The highest BCUT2D eigenvalue weighted by Crippen LogP contribution is 2.24. The Morgan fingerprint density at radius 3 is 2.62 bits per heavy atom. The third-order valence-electron chi connectivity index (χ3n) is 3.55. The summed E-state index contributed by atoms with van der Waals surface area (Å²) >= 11 is 0. The van der Waals surface area contributed by atoms with E-state index < -0.39 is 0 Å². The first-order valence-electron chi connectivity index (χ1n) is 6.85. The Morgan fingerprint density at radius 2 is 1.90 bits per heavy atom. The fourth-order valence-corrected chi connectivity index (χ4v) is 2.45. The molecule has 1 unspecified atom stereocenters. The van der Waals surface area contributed by atoms with E-state index in [1.54, 1.807) is 12.4 Å². The minimum atomic E-state index is -0.00564. The molecule has 2 aromatic heterocycles. The largest absolute Gasteiger partial charge is 0.308 e. The summed E-state index contributed by atoms with van der Waals surface area (Å²) in [5.74, 6) is 0. The molecule has 0 bridgehead atoms. The van der Waals surface area contributed by atoms with Gasteiger partial charge in [0.1, 0.15) is 0 Å². The van der Waals surface area contributed by atoms with Gasteiger partial charge in [0.2, 0.25) is 0 Å². The second-order valence-electron chi connectivity index (χ2n) is 4.86. The number of aryl methyl sites for hydroxylation is 1. The van der Waals surface area contributed by atoms with Crippen LogP contribution in [0.4, 0.5) is 0 Å². The number of nitrogens with one attached hydrogen (secondary N) is 1. The first-order chi connectivity index (χ1) is 10.3. The maximum absolute atomic E-state index is 4.24. The lowest BCUT2D eigenvalue weighted by Gasteiger charge is -2.19. The molecule has 21 heavy (non-hydrogen) atoms. The molecule has 5 heteroatoms. The van der Waals surface area contributed by atoms with Crippen LogP contribution in [0.15, 0.2) is 55.0 Å². The van der Waals surface area contributed by atoms with E-state index in [2.05, 4.69) is 27.5 Å². The first kappa shape index (κ1) is 13.5. The van der Waals surface area contributed by atoms with E-state index in [0.29, 0.717) is 0 Å². The maximum Gasteiger partial charge on any atom is 0.0861 e. The van der Waals surface area contributed by atoms with Gasteiger partial charge in [-0.15, -0.1) is 5.10 Å². The minimum Gasteiger partial charge on any atom is -0.308 e. The van der Waals surface area contributed by atoms with Gasteiger partial charge in [-0.25, -0.2) is 4.68 Å². The molecule has 106 valence electrons. The highest BCUT2D eigenvalue weighted by molar-refractivity contribution is 5.36. The summed E-state index contributed by atoms with van der Waals surface area (Å²) in [5, 5.41) is 11.6. The standard InChI is InChI=1S/C16H17N5/c1-12-8-9-18-10-14(12)16(17-2)15-11-19-20-21(15)13-6-4-3-5-7-13/h3-11,16-17H,1-2H3. The van der Waals surface area contributed by atoms with Gasteiger partial charge in [0.25, 0.3) is 0 Å². The van der Waals surface area contributed by atoms with Gasteiger partial charge in [-0.3, -0.25) is 4.98 Å². The molecule has 3 aromatic rings. The highest BCUT2D eigenvalue weighted by atomic mass is 15.4. The van der Waals surface area contributed by atoms with Gasteiger partial charge < -0.3 is 5.32 Å². The van der Waals surface area contributed by atoms with E-state index in [1.807, 2.05) is 54.3 Å². The molecule has 1 N–H and O–H groups in total. The van der Waals surface area contributed by atoms with Crippen LogP contribution in [0.5, 0.6) is 0 Å². The number of para-hydroxylation sites is 1. The van der Waals surface area contributed by atoms with Crippen molar-refractivity contribution in [3.05, 3.63) is 71.8 Å². The SMILES string of the molecule is CNC(c1cnccc1C)c1cnnn1-c1ccccc1. The molecule has 0 saturated heterocycles. The van der Waals surface area contributed by atoms with Crippen molar-refractivity contribution < 1.29 is 0 Å². The quantitative estimate of drug-likeness (QED) is 0.796. The zero-order valence-corrected chi connectivity index (χ0v) is 12.1. The van der Waals surface area contributed by atoms with Crippen molar-refractivity contribution in [2.24, 2.45) is 0 Å². The second kappa shape index (κ2) is 5.85. The lowest BCUT2D eigenvalue weighted by Crippen LogP contribution is -2.22. The predicted octanol–water partition coefficient (Wildman–Crippen LogP) is 2.28. The molecule has 5 nitrogen and oxygen atoms in total. The lowest BCUT2D eigenvalue weighted by molar-refractivity contribution is 0.629. The summed E-state index contributed by atoms with van der Waals surface area (Å²) in [4.78, 5) is 4.24. The Hall–Kier alpha value is -2.53. The molecule has 0 saturated carbocycles. The van der Waals surface area contributed by atoms with Crippen LogP contribution in [0.2, 0.25) is 0 Å². The van der Waals surface area contributed by atoms with E-state index in [1.165, 1.54) is 5.56 Å². The molecule has 0 aliphatic carbocycles. The zero-order valence-electron chi connectivity index (χ0n) is 12.1. The van der Waals surface area contributed by atoms with Crippen LogP contribution in [0.25, 0.3) is 5.69 Å². The lowest BCUT2D eigenvalue weighted by atomic mass is 10.0. The Bertz CT molecular complexity index is 720.